The Morgan fingerprint density at radius 2 is 2.18 bits per heavy atom. The molecule has 0 saturated carbocycles. The van der Waals surface area contributed by atoms with Crippen molar-refractivity contribution in [2.24, 2.45) is 0 Å². The monoisotopic (exact) mass is 400 g/mol. The van der Waals surface area contributed by atoms with Gasteiger partial charge < -0.3 is 10.6 Å². The zero-order valence-corrected chi connectivity index (χ0v) is 15.5. The van der Waals surface area contributed by atoms with E-state index in [1.807, 2.05) is 11.4 Å². The average Bonchev–Trinajstić information content (AvgIpc) is 3.23. The molecule has 1 atom stereocenters. The van der Waals surface area contributed by atoms with Crippen molar-refractivity contribution in [2.45, 2.75) is 24.8 Å². The summed E-state index contributed by atoms with van der Waals surface area (Å²) < 4.78 is 0. The van der Waals surface area contributed by atoms with E-state index in [-0.39, 0.29) is 11.4 Å². The van der Waals surface area contributed by atoms with Gasteiger partial charge in [0.2, 0.25) is 5.91 Å². The Kier molecular flexibility index (Phi) is 4.34. The summed E-state index contributed by atoms with van der Waals surface area (Å²) in [4.78, 5) is 50.1. The van der Waals surface area contributed by atoms with E-state index in [9.17, 15) is 24.5 Å². The lowest BCUT2D eigenvalue weighted by atomic mass is 9.80. The Balaban J connectivity index is 1.51. The highest BCUT2D eigenvalue weighted by Crippen LogP contribution is 2.42. The van der Waals surface area contributed by atoms with Crippen LogP contribution in [0.5, 0.6) is 0 Å². The van der Waals surface area contributed by atoms with E-state index in [2.05, 4.69) is 10.6 Å². The van der Waals surface area contributed by atoms with Gasteiger partial charge >= 0.3 is 6.03 Å². The van der Waals surface area contributed by atoms with E-state index in [0.29, 0.717) is 6.42 Å². The van der Waals surface area contributed by atoms with Crippen LogP contribution < -0.4 is 10.6 Å². The highest BCUT2D eigenvalue weighted by atomic mass is 32.1. The SMILES string of the molecule is O=C(CN1C(=O)N[C@@]2(CCCc3sccc32)C1=O)Nc1cccc([N+](=O)[O-])c1. The third-order valence-corrected chi connectivity index (χ3v) is 5.96. The number of rotatable bonds is 4. The van der Waals surface area contributed by atoms with Crippen LogP contribution in [0.3, 0.4) is 0 Å². The van der Waals surface area contributed by atoms with E-state index < -0.39 is 34.9 Å². The summed E-state index contributed by atoms with van der Waals surface area (Å²) in [5.41, 5.74) is -0.238. The van der Waals surface area contributed by atoms with Gasteiger partial charge in [-0.3, -0.25) is 24.6 Å². The van der Waals surface area contributed by atoms with Crippen LogP contribution in [-0.4, -0.2) is 34.2 Å². The number of fused-ring (bicyclic) bond motifs is 2. The number of amides is 4. The van der Waals surface area contributed by atoms with Gasteiger partial charge in [0, 0.05) is 28.3 Å². The number of hydrogen-bond acceptors (Lipinski definition) is 6. The van der Waals surface area contributed by atoms with Gasteiger partial charge in [-0.05, 0) is 36.8 Å². The highest BCUT2D eigenvalue weighted by Gasteiger charge is 2.54. The normalized spacial score (nSPS) is 20.8. The molecule has 144 valence electrons. The van der Waals surface area contributed by atoms with Crippen LogP contribution in [-0.2, 0) is 21.5 Å². The second kappa shape index (κ2) is 6.71. The number of carbonyl (C=O) groups is 3. The van der Waals surface area contributed by atoms with Gasteiger partial charge in [0.15, 0.2) is 0 Å². The van der Waals surface area contributed by atoms with Crippen molar-refractivity contribution >= 4 is 40.6 Å². The third kappa shape index (κ3) is 2.91. The second-order valence-electron chi connectivity index (χ2n) is 6.69. The van der Waals surface area contributed by atoms with E-state index in [0.717, 1.165) is 28.2 Å². The lowest BCUT2D eigenvalue weighted by Crippen LogP contribution is -2.46. The first-order chi connectivity index (χ1) is 13.4. The number of nitrogens with one attached hydrogen (secondary N) is 2. The Labute approximate surface area is 163 Å². The minimum Gasteiger partial charge on any atom is -0.324 e. The first-order valence-corrected chi connectivity index (χ1v) is 9.54. The molecule has 1 aliphatic carbocycles. The molecule has 2 aromatic rings. The third-order valence-electron chi connectivity index (χ3n) is 4.98. The van der Waals surface area contributed by atoms with Crippen LogP contribution in [0, 0.1) is 10.1 Å². The number of imide groups is 1. The van der Waals surface area contributed by atoms with E-state index >= 15 is 0 Å². The number of nitro benzene ring substituents is 1. The summed E-state index contributed by atoms with van der Waals surface area (Å²) in [6, 6.07) is 6.69. The van der Waals surface area contributed by atoms with Gasteiger partial charge in [0.25, 0.3) is 11.6 Å². The lowest BCUT2D eigenvalue weighted by Gasteiger charge is -2.31. The molecule has 0 unspecified atom stereocenters. The molecule has 1 saturated heterocycles. The number of benzene rings is 1. The minimum absolute atomic E-state index is 0.168. The first-order valence-electron chi connectivity index (χ1n) is 8.66. The summed E-state index contributed by atoms with van der Waals surface area (Å²) in [6.07, 6.45) is 2.13. The number of non-ortho nitro benzene ring substituents is 1. The molecule has 0 bridgehead atoms. The van der Waals surface area contributed by atoms with Gasteiger partial charge in [-0.15, -0.1) is 11.3 Å². The van der Waals surface area contributed by atoms with Crippen LogP contribution in [0.25, 0.3) is 0 Å². The van der Waals surface area contributed by atoms with Crippen molar-refractivity contribution in [3.63, 3.8) is 0 Å². The molecule has 4 amide bonds. The molecule has 2 N–H and O–H groups in total. The minimum atomic E-state index is -1.10. The van der Waals surface area contributed by atoms with Crippen LogP contribution in [0.1, 0.15) is 23.3 Å². The first kappa shape index (κ1) is 18.1. The van der Waals surface area contributed by atoms with Gasteiger partial charge in [0.05, 0.1) is 4.92 Å². The molecular formula is C18H16N4O5S. The zero-order chi connectivity index (χ0) is 19.9. The molecule has 9 nitrogen and oxygen atoms in total. The number of nitrogens with zero attached hydrogens (tertiary/aromatic N) is 2. The predicted octanol–water partition coefficient (Wildman–Crippen LogP) is 2.38. The fraction of sp³-hybridized carbons (Fsp3) is 0.278. The van der Waals surface area contributed by atoms with Crippen molar-refractivity contribution in [1.82, 2.24) is 10.2 Å². The number of carbonyl (C=O) groups excluding carboxylic acids is 3. The number of aryl methyl sites for hydroxylation is 1. The number of urea groups is 1. The van der Waals surface area contributed by atoms with Crippen molar-refractivity contribution in [2.75, 3.05) is 11.9 Å². The molecule has 0 radical (unpaired) electrons. The topological polar surface area (TPSA) is 122 Å². The van der Waals surface area contributed by atoms with Crippen LogP contribution >= 0.6 is 11.3 Å². The van der Waals surface area contributed by atoms with Crippen LogP contribution in [0.4, 0.5) is 16.2 Å². The lowest BCUT2D eigenvalue weighted by molar-refractivity contribution is -0.384. The maximum absolute atomic E-state index is 13.1. The summed E-state index contributed by atoms with van der Waals surface area (Å²) in [6.45, 7) is -0.464. The quantitative estimate of drug-likeness (QED) is 0.464. The molecule has 2 heterocycles. The molecule has 4 rings (SSSR count). The molecule has 1 aromatic carbocycles. The van der Waals surface area contributed by atoms with Crippen molar-refractivity contribution in [3.05, 3.63) is 56.3 Å². The number of anilines is 1. The zero-order valence-electron chi connectivity index (χ0n) is 14.6. The molecule has 1 spiro atoms. The van der Waals surface area contributed by atoms with E-state index in [1.165, 1.54) is 24.3 Å². The summed E-state index contributed by atoms with van der Waals surface area (Å²) in [5, 5.41) is 18.0. The molecule has 1 fully saturated rings. The molecular weight excluding hydrogens is 384 g/mol. The Morgan fingerprint density at radius 1 is 1.36 bits per heavy atom. The number of thiophene rings is 1. The molecule has 28 heavy (non-hydrogen) atoms. The Bertz CT molecular complexity index is 1000. The van der Waals surface area contributed by atoms with Crippen molar-refractivity contribution in [1.29, 1.82) is 0 Å². The van der Waals surface area contributed by atoms with Crippen molar-refractivity contribution in [3.8, 4) is 0 Å². The Hall–Kier alpha value is -3.27. The maximum atomic E-state index is 13.1. The average molecular weight is 400 g/mol. The van der Waals surface area contributed by atoms with Gasteiger partial charge in [-0.2, -0.15) is 0 Å². The molecule has 1 aliphatic heterocycles. The predicted molar refractivity (Wildman–Crippen MR) is 101 cm³/mol. The largest absolute Gasteiger partial charge is 0.325 e. The number of hydrogen-bond donors (Lipinski definition) is 2. The van der Waals surface area contributed by atoms with Crippen molar-refractivity contribution < 1.29 is 19.3 Å². The fourth-order valence-corrected chi connectivity index (χ4v) is 4.73. The van der Waals surface area contributed by atoms with E-state index in [1.54, 1.807) is 11.3 Å². The van der Waals surface area contributed by atoms with Crippen LogP contribution in [0.2, 0.25) is 0 Å². The molecule has 10 heteroatoms. The van der Waals surface area contributed by atoms with E-state index in [4.69, 9.17) is 0 Å². The van der Waals surface area contributed by atoms with Crippen LogP contribution in [0.15, 0.2) is 35.7 Å². The summed E-state index contributed by atoms with van der Waals surface area (Å²) in [5.74, 6) is -1.05. The van der Waals surface area contributed by atoms with Gasteiger partial charge in [-0.1, -0.05) is 6.07 Å². The molecule has 2 aliphatic rings. The smallest absolute Gasteiger partial charge is 0.324 e. The second-order valence-corrected chi connectivity index (χ2v) is 7.69. The summed E-state index contributed by atoms with van der Waals surface area (Å²) >= 11 is 1.55. The number of nitro groups is 1. The highest BCUT2D eigenvalue weighted by molar-refractivity contribution is 7.10. The maximum Gasteiger partial charge on any atom is 0.325 e. The molecule has 1 aromatic heterocycles. The Morgan fingerprint density at radius 3 is 2.96 bits per heavy atom. The van der Waals surface area contributed by atoms with Gasteiger partial charge in [-0.25, -0.2) is 4.79 Å². The fourth-order valence-electron chi connectivity index (χ4n) is 3.73. The summed E-state index contributed by atoms with van der Waals surface area (Å²) in [7, 11) is 0. The van der Waals surface area contributed by atoms with Gasteiger partial charge in [0.1, 0.15) is 12.1 Å². The standard InChI is InChI=1S/C18H16N4O5S/c23-15(19-11-3-1-4-12(9-11)22(26)27)10-21-16(24)18(20-17(21)25)7-2-5-14-13(18)6-8-28-14/h1,3-4,6,8-9H,2,5,7,10H2,(H,19,23)(H,20,25)/t18-/m1/s1.